The van der Waals surface area contributed by atoms with Crippen LogP contribution in [0.15, 0.2) is 35.0 Å². The third-order valence-electron chi connectivity index (χ3n) is 2.81. The van der Waals surface area contributed by atoms with E-state index in [0.29, 0.717) is 16.0 Å². The minimum absolute atomic E-state index is 0.225. The quantitative estimate of drug-likeness (QED) is 0.617. The van der Waals surface area contributed by atoms with Crippen molar-refractivity contribution in [2.75, 3.05) is 5.32 Å². The fourth-order valence-electron chi connectivity index (χ4n) is 1.95. The number of fused-ring (bicyclic) bond motifs is 1. The van der Waals surface area contributed by atoms with E-state index in [4.69, 9.17) is 34.2 Å². The van der Waals surface area contributed by atoms with Crippen LogP contribution >= 0.6 is 23.8 Å². The van der Waals surface area contributed by atoms with Crippen LogP contribution in [0.3, 0.4) is 0 Å². The highest BCUT2D eigenvalue weighted by Gasteiger charge is 2.32. The summed E-state index contributed by atoms with van der Waals surface area (Å²) in [6, 6.07) is 7.19. The lowest BCUT2D eigenvalue weighted by Crippen LogP contribution is -2.46. The number of aromatic nitrogens is 1. The summed E-state index contributed by atoms with van der Waals surface area (Å²) in [5.41, 5.74) is 1.81. The van der Waals surface area contributed by atoms with Crippen LogP contribution in [0.4, 0.5) is 5.88 Å². The first-order valence-electron chi connectivity index (χ1n) is 5.22. The zero-order valence-corrected chi connectivity index (χ0v) is 10.7. The topological polar surface area (TPSA) is 67.3 Å². The number of nitrogens with one attached hydrogen (secondary N) is 1. The second-order valence-corrected chi connectivity index (χ2v) is 4.72. The van der Waals surface area contributed by atoms with Gasteiger partial charge in [0.1, 0.15) is 6.04 Å². The second kappa shape index (κ2) is 4.24. The van der Waals surface area contributed by atoms with Gasteiger partial charge in [0.2, 0.25) is 5.88 Å². The lowest BCUT2D eigenvalue weighted by Gasteiger charge is -2.33. The third-order valence-corrected chi connectivity index (χ3v) is 3.38. The van der Waals surface area contributed by atoms with Crippen LogP contribution in [-0.2, 0) is 0 Å². The van der Waals surface area contributed by atoms with Crippen molar-refractivity contribution in [3.63, 3.8) is 0 Å². The smallest absolute Gasteiger partial charge is 0.236 e. The van der Waals surface area contributed by atoms with Gasteiger partial charge in [-0.2, -0.15) is 0 Å². The second-order valence-electron chi connectivity index (χ2n) is 3.90. The van der Waals surface area contributed by atoms with Crippen LogP contribution in [0, 0.1) is 0 Å². The van der Waals surface area contributed by atoms with E-state index in [9.17, 15) is 0 Å². The minimum atomic E-state index is -0.225. The van der Waals surface area contributed by atoms with E-state index in [-0.39, 0.29) is 6.04 Å². The number of anilines is 1. The van der Waals surface area contributed by atoms with Crippen molar-refractivity contribution in [1.82, 2.24) is 10.2 Å². The van der Waals surface area contributed by atoms with Crippen molar-refractivity contribution < 1.29 is 4.52 Å². The standard InChI is InChI=1S/C11H9ClN4OS/c12-7-3-1-6(2-4-7)9-8-5-14-17-10(8)15-11(18)16(9)13/h1-5,9H,13H2,(H,15,18). The summed E-state index contributed by atoms with van der Waals surface area (Å²) in [4.78, 5) is 0. The van der Waals surface area contributed by atoms with Gasteiger partial charge in [0.05, 0.1) is 11.8 Å². The van der Waals surface area contributed by atoms with Crippen molar-refractivity contribution in [1.29, 1.82) is 0 Å². The number of hydrogen-bond donors (Lipinski definition) is 2. The van der Waals surface area contributed by atoms with Crippen molar-refractivity contribution in [2.45, 2.75) is 6.04 Å². The monoisotopic (exact) mass is 280 g/mol. The van der Waals surface area contributed by atoms with Crippen LogP contribution < -0.4 is 11.2 Å². The van der Waals surface area contributed by atoms with Crippen molar-refractivity contribution in [3.8, 4) is 0 Å². The zero-order valence-electron chi connectivity index (χ0n) is 9.13. The highest BCUT2D eigenvalue weighted by atomic mass is 35.5. The Labute approximate surface area is 113 Å². The predicted molar refractivity (Wildman–Crippen MR) is 72.0 cm³/mol. The number of thiocarbonyl (C=S) groups is 1. The van der Waals surface area contributed by atoms with Gasteiger partial charge in [-0.05, 0) is 29.9 Å². The largest absolute Gasteiger partial charge is 0.338 e. The maximum atomic E-state index is 5.99. The van der Waals surface area contributed by atoms with Gasteiger partial charge in [-0.3, -0.25) is 10.3 Å². The molecule has 92 valence electrons. The molecular formula is C11H9ClN4OS. The Kier molecular flexibility index (Phi) is 2.70. The molecule has 1 unspecified atom stereocenters. The molecule has 0 bridgehead atoms. The molecule has 3 rings (SSSR count). The van der Waals surface area contributed by atoms with Crippen LogP contribution in [0.2, 0.25) is 5.02 Å². The number of halogens is 1. The van der Waals surface area contributed by atoms with E-state index in [1.54, 1.807) is 6.20 Å². The molecule has 0 saturated heterocycles. The summed E-state index contributed by atoms with van der Waals surface area (Å²) >= 11 is 11.0. The Hall–Kier alpha value is -1.63. The van der Waals surface area contributed by atoms with E-state index in [0.717, 1.165) is 11.1 Å². The molecule has 0 saturated carbocycles. The SMILES string of the molecule is NN1C(=S)Nc2oncc2C1c1ccc(Cl)cc1. The molecule has 3 N–H and O–H groups in total. The number of rotatable bonds is 1. The zero-order chi connectivity index (χ0) is 12.7. The summed E-state index contributed by atoms with van der Waals surface area (Å²) in [6.45, 7) is 0. The van der Waals surface area contributed by atoms with Crippen LogP contribution in [0.5, 0.6) is 0 Å². The van der Waals surface area contributed by atoms with E-state index in [1.165, 1.54) is 5.01 Å². The summed E-state index contributed by atoms with van der Waals surface area (Å²) in [5, 5.41) is 9.17. The predicted octanol–water partition coefficient (Wildman–Crippen LogP) is 2.30. The molecule has 0 aliphatic carbocycles. The van der Waals surface area contributed by atoms with Gasteiger partial charge in [0, 0.05) is 5.02 Å². The first-order valence-corrected chi connectivity index (χ1v) is 6.00. The molecule has 0 radical (unpaired) electrons. The van der Waals surface area contributed by atoms with E-state index < -0.39 is 0 Å². The van der Waals surface area contributed by atoms with E-state index in [2.05, 4.69) is 10.5 Å². The summed E-state index contributed by atoms with van der Waals surface area (Å²) in [5.74, 6) is 6.52. The fourth-order valence-corrected chi connectivity index (χ4v) is 2.28. The summed E-state index contributed by atoms with van der Waals surface area (Å²) in [7, 11) is 0. The van der Waals surface area contributed by atoms with Crippen LogP contribution in [-0.4, -0.2) is 15.3 Å². The molecule has 1 aromatic heterocycles. The molecule has 0 fully saturated rings. The van der Waals surface area contributed by atoms with E-state index in [1.807, 2.05) is 24.3 Å². The van der Waals surface area contributed by atoms with Gasteiger partial charge in [0.15, 0.2) is 5.11 Å². The number of benzene rings is 1. The summed E-state index contributed by atoms with van der Waals surface area (Å²) in [6.07, 6.45) is 1.63. The molecule has 0 spiro atoms. The molecule has 7 heteroatoms. The average Bonchev–Trinajstić information content (AvgIpc) is 2.80. The Morgan fingerprint density at radius 1 is 1.39 bits per heavy atom. The molecule has 0 amide bonds. The molecule has 1 aliphatic rings. The fraction of sp³-hybridized carbons (Fsp3) is 0.0909. The number of hydrogen-bond acceptors (Lipinski definition) is 4. The Morgan fingerprint density at radius 3 is 2.83 bits per heavy atom. The van der Waals surface area contributed by atoms with Gasteiger partial charge in [-0.15, -0.1) is 0 Å². The molecule has 2 heterocycles. The highest BCUT2D eigenvalue weighted by Crippen LogP contribution is 2.35. The van der Waals surface area contributed by atoms with E-state index >= 15 is 0 Å². The molecule has 1 aromatic carbocycles. The van der Waals surface area contributed by atoms with Gasteiger partial charge in [-0.25, -0.2) is 5.84 Å². The Morgan fingerprint density at radius 2 is 2.11 bits per heavy atom. The minimum Gasteiger partial charge on any atom is -0.338 e. The first-order chi connectivity index (χ1) is 8.66. The van der Waals surface area contributed by atoms with Crippen LogP contribution in [0.1, 0.15) is 17.2 Å². The lowest BCUT2D eigenvalue weighted by molar-refractivity contribution is 0.362. The third kappa shape index (κ3) is 1.74. The molecule has 5 nitrogen and oxygen atoms in total. The van der Waals surface area contributed by atoms with Gasteiger partial charge < -0.3 is 4.52 Å². The van der Waals surface area contributed by atoms with Crippen LogP contribution in [0.25, 0.3) is 0 Å². The molecule has 1 aliphatic heterocycles. The number of nitrogens with zero attached hydrogens (tertiary/aromatic N) is 2. The lowest BCUT2D eigenvalue weighted by atomic mass is 9.99. The van der Waals surface area contributed by atoms with Crippen molar-refractivity contribution >= 4 is 34.8 Å². The van der Waals surface area contributed by atoms with Crippen molar-refractivity contribution in [3.05, 3.63) is 46.6 Å². The maximum absolute atomic E-state index is 5.99. The van der Waals surface area contributed by atoms with Gasteiger partial charge >= 0.3 is 0 Å². The van der Waals surface area contributed by atoms with Crippen molar-refractivity contribution in [2.24, 2.45) is 5.84 Å². The number of nitrogens with two attached hydrogens (primary N) is 1. The Bertz CT molecular complexity index is 597. The molecule has 1 atom stereocenters. The highest BCUT2D eigenvalue weighted by molar-refractivity contribution is 7.80. The maximum Gasteiger partial charge on any atom is 0.236 e. The molecular weight excluding hydrogens is 272 g/mol. The normalized spacial score (nSPS) is 18.4. The average molecular weight is 281 g/mol. The summed E-state index contributed by atoms with van der Waals surface area (Å²) < 4.78 is 5.09. The van der Waals surface area contributed by atoms with Gasteiger partial charge in [-0.1, -0.05) is 28.9 Å². The molecule has 18 heavy (non-hydrogen) atoms. The molecule has 2 aromatic rings. The van der Waals surface area contributed by atoms with Gasteiger partial charge in [0.25, 0.3) is 0 Å². The Balaban J connectivity index is 2.10. The first kappa shape index (κ1) is 11.5. The number of hydrazine groups is 1.